The summed E-state index contributed by atoms with van der Waals surface area (Å²) in [7, 11) is 0. The molecule has 3 atom stereocenters. The minimum atomic E-state index is -0.971. The highest BCUT2D eigenvalue weighted by Crippen LogP contribution is 2.27. The molecule has 0 saturated carbocycles. The number of carbonyl (C=O) groups excluding carboxylic acids is 6. The first-order valence-corrected chi connectivity index (χ1v) is 30.3. The summed E-state index contributed by atoms with van der Waals surface area (Å²) in [6.45, 7) is 14.4. The molecule has 1 saturated heterocycles. The number of esters is 3. The third kappa shape index (κ3) is 19.2. The van der Waals surface area contributed by atoms with Crippen molar-refractivity contribution in [1.82, 2.24) is 50.3 Å². The number of benzene rings is 4. The summed E-state index contributed by atoms with van der Waals surface area (Å²) in [5.74, 6) is -2.47. The average Bonchev–Trinajstić information content (AvgIpc) is 1.54. The Morgan fingerprint density at radius 2 is 0.932 bits per heavy atom. The molecular weight excluding hydrogens is 1120 g/mol. The topological polar surface area (TPSA) is 240 Å². The number of nitrogens with zero attached hydrogens (tertiary/aromatic N) is 7. The van der Waals surface area contributed by atoms with Crippen LogP contribution in [0.2, 0.25) is 0 Å². The number of rotatable bonds is 24. The highest BCUT2D eigenvalue weighted by atomic mass is 16.5. The molecule has 0 aliphatic carbocycles. The van der Waals surface area contributed by atoms with Gasteiger partial charge in [-0.15, -0.1) is 0 Å². The van der Waals surface area contributed by atoms with Crippen LogP contribution in [0.5, 0.6) is 0 Å². The summed E-state index contributed by atoms with van der Waals surface area (Å²) in [6, 6.07) is 36.2. The van der Waals surface area contributed by atoms with Gasteiger partial charge in [0.15, 0.2) is 5.82 Å². The fourth-order valence-corrected chi connectivity index (χ4v) is 10.5. The van der Waals surface area contributed by atoms with E-state index in [-0.39, 0.29) is 101 Å². The lowest BCUT2D eigenvalue weighted by atomic mass is 9.86. The van der Waals surface area contributed by atoms with Gasteiger partial charge >= 0.3 is 17.9 Å². The van der Waals surface area contributed by atoms with E-state index in [0.29, 0.717) is 60.6 Å². The molecule has 0 radical (unpaired) electrons. The normalized spacial score (nSPS) is 15.2. The highest BCUT2D eigenvalue weighted by Gasteiger charge is 2.29. The van der Waals surface area contributed by atoms with Gasteiger partial charge in [0.25, 0.3) is 0 Å². The molecule has 0 bridgehead atoms. The Kier molecular flexibility index (Phi) is 23.6. The Morgan fingerprint density at radius 1 is 0.523 bits per heavy atom. The third-order valence-corrected chi connectivity index (χ3v) is 15.3. The average molecular weight is 1200 g/mol. The molecule has 7 aromatic rings. The molecule has 0 spiro atoms. The van der Waals surface area contributed by atoms with Crippen LogP contribution >= 0.6 is 0 Å². The number of fused-ring (bicyclic) bond motifs is 2. The van der Waals surface area contributed by atoms with E-state index in [0.717, 1.165) is 22.3 Å². The van der Waals surface area contributed by atoms with Crippen LogP contribution in [-0.4, -0.2) is 180 Å². The molecule has 4 heterocycles. The van der Waals surface area contributed by atoms with Crippen molar-refractivity contribution in [3.8, 4) is 5.82 Å². The summed E-state index contributed by atoms with van der Waals surface area (Å²) in [4.78, 5) is 109. The van der Waals surface area contributed by atoms with Crippen LogP contribution in [0.4, 0.5) is 0 Å². The Balaban J connectivity index is 1.07. The summed E-state index contributed by atoms with van der Waals surface area (Å²) < 4.78 is 24.1. The third-order valence-electron chi connectivity index (χ3n) is 15.3. The minimum Gasteiger partial charge on any atom is -0.464 e. The van der Waals surface area contributed by atoms with Gasteiger partial charge in [-0.1, -0.05) is 118 Å². The van der Waals surface area contributed by atoms with Crippen molar-refractivity contribution in [2.45, 2.75) is 90.9 Å². The maximum atomic E-state index is 14.3. The number of ether oxygens (including phenoxy) is 3. The molecule has 21 nitrogen and oxygen atoms in total. The smallest absolute Gasteiger partial charge is 0.328 e. The van der Waals surface area contributed by atoms with Gasteiger partial charge < -0.3 is 34.6 Å². The lowest BCUT2D eigenvalue weighted by molar-refractivity contribution is -0.148. The first-order chi connectivity index (χ1) is 42.4. The zero-order valence-electron chi connectivity index (χ0n) is 51.3. The Bertz CT molecular complexity index is 3420. The predicted octanol–water partition coefficient (Wildman–Crippen LogP) is 5.42. The van der Waals surface area contributed by atoms with E-state index in [4.69, 9.17) is 28.7 Å². The van der Waals surface area contributed by atoms with E-state index in [1.807, 2.05) is 124 Å². The van der Waals surface area contributed by atoms with Crippen molar-refractivity contribution in [3.63, 3.8) is 0 Å². The lowest BCUT2D eigenvalue weighted by Crippen LogP contribution is -2.53. The van der Waals surface area contributed by atoms with E-state index < -0.39 is 53.8 Å². The van der Waals surface area contributed by atoms with Crippen molar-refractivity contribution >= 4 is 57.7 Å². The van der Waals surface area contributed by atoms with E-state index in [1.165, 1.54) is 0 Å². The fraction of sp³-hybridized carbons (Fsp3) is 0.418. The van der Waals surface area contributed by atoms with E-state index >= 15 is 0 Å². The largest absolute Gasteiger partial charge is 0.464 e. The van der Waals surface area contributed by atoms with Crippen LogP contribution in [0.25, 0.3) is 27.9 Å². The molecule has 0 unspecified atom stereocenters. The summed E-state index contributed by atoms with van der Waals surface area (Å²) in [5.41, 5.74) is 4.48. The van der Waals surface area contributed by atoms with Crippen molar-refractivity contribution in [2.75, 3.05) is 91.8 Å². The molecule has 88 heavy (non-hydrogen) atoms. The second-order valence-corrected chi connectivity index (χ2v) is 23.0. The minimum absolute atomic E-state index is 0.108. The number of hydrogen-bond donors (Lipinski definition) is 3. The molecule has 21 heteroatoms. The van der Waals surface area contributed by atoms with Crippen LogP contribution < -0.4 is 21.4 Å². The zero-order valence-corrected chi connectivity index (χ0v) is 51.3. The van der Waals surface area contributed by atoms with Gasteiger partial charge in [0.05, 0.1) is 55.9 Å². The monoisotopic (exact) mass is 1200 g/mol. The van der Waals surface area contributed by atoms with E-state index in [9.17, 15) is 33.6 Å². The van der Waals surface area contributed by atoms with Crippen molar-refractivity contribution in [2.24, 2.45) is 0 Å². The van der Waals surface area contributed by atoms with E-state index in [2.05, 4.69) is 41.6 Å². The number of amides is 3. The predicted molar refractivity (Wildman–Crippen MR) is 334 cm³/mol. The first kappa shape index (κ1) is 65.3. The maximum absolute atomic E-state index is 14.3. The van der Waals surface area contributed by atoms with Crippen LogP contribution in [0.3, 0.4) is 0 Å². The van der Waals surface area contributed by atoms with Crippen LogP contribution in [-0.2, 0) is 74.2 Å². The maximum Gasteiger partial charge on any atom is 0.328 e. The quantitative estimate of drug-likeness (QED) is 0.0389. The lowest BCUT2D eigenvalue weighted by Gasteiger charge is -2.34. The number of hydrogen-bond acceptors (Lipinski definition) is 17. The molecule has 466 valence electrons. The fourth-order valence-electron chi connectivity index (χ4n) is 10.5. The SMILES string of the molecule is CCOC(=O)[C@H](Cc1ccccc1)NC(=O)CN1CCN(CC(=O)N[C@@H](Cc2ccccc2)C(=O)OCC)CCN(Cc2ccn(-c3ccc4c(=O)c5cc(C(C)(C)C)ccc5oc4n3)n2)CCN(CC(=O)N[C@@H](Cc2ccccc2)C(=O)OCC)CC1. The molecule has 3 N–H and O–H groups in total. The van der Waals surface area contributed by atoms with Gasteiger partial charge in [-0.25, -0.2) is 19.1 Å². The molecular formula is C67H82N10O11. The molecule has 1 fully saturated rings. The molecule has 1 aliphatic heterocycles. The van der Waals surface area contributed by atoms with Crippen molar-refractivity contribution < 1.29 is 47.4 Å². The first-order valence-electron chi connectivity index (χ1n) is 30.3. The standard InChI is InChI=1S/C67H82N10O11/c1-7-85-64(82)54(39-47-19-13-10-14-20-47)68-59(78)44-74-33-31-73(43-51-29-30-77(72-51)58-28-26-52-62(81)53-42-50(67(4,5)6)25-27-57(53)88-63(52)71-58)32-34-75(45-60(79)69-55(65(83)86-8-2)40-48-21-15-11-16-22-48)36-38-76(37-35-74)46-61(80)70-56(66(84)87-9-3)41-49-23-17-12-18-24-49/h10-30,42,54-56H,7-9,31-41,43-46H2,1-6H3,(H,68,78)(H,69,79)(H,70,80)/t54-,55-,56-/m0/s1. The molecule has 3 aromatic heterocycles. The van der Waals surface area contributed by atoms with Gasteiger partial charge in [-0.05, 0) is 78.8 Å². The summed E-state index contributed by atoms with van der Waals surface area (Å²) in [6.07, 6.45) is 2.43. The molecule has 4 aromatic carbocycles. The number of carbonyl (C=O) groups is 6. The second kappa shape index (κ2) is 31.8. The Hall–Kier alpha value is -8.63. The van der Waals surface area contributed by atoms with Gasteiger partial charge in [0, 0.05) is 84.4 Å². The summed E-state index contributed by atoms with van der Waals surface area (Å²) >= 11 is 0. The van der Waals surface area contributed by atoms with Gasteiger partial charge in [0.2, 0.25) is 28.9 Å². The Labute approximate surface area is 513 Å². The van der Waals surface area contributed by atoms with Crippen LogP contribution in [0.15, 0.2) is 143 Å². The zero-order chi connectivity index (χ0) is 62.6. The number of aromatic nitrogens is 3. The molecule has 3 amide bonds. The Morgan fingerprint density at radius 3 is 1.33 bits per heavy atom. The molecule has 1 aliphatic rings. The van der Waals surface area contributed by atoms with Gasteiger partial charge in [0.1, 0.15) is 23.7 Å². The van der Waals surface area contributed by atoms with Crippen molar-refractivity contribution in [1.29, 1.82) is 0 Å². The van der Waals surface area contributed by atoms with Gasteiger partial charge in [-0.2, -0.15) is 10.1 Å². The van der Waals surface area contributed by atoms with Crippen LogP contribution in [0.1, 0.15) is 69.5 Å². The van der Waals surface area contributed by atoms with Gasteiger partial charge in [-0.3, -0.25) is 38.8 Å². The highest BCUT2D eigenvalue weighted by molar-refractivity contribution is 5.90. The van der Waals surface area contributed by atoms with Crippen LogP contribution in [0, 0.1) is 0 Å². The van der Waals surface area contributed by atoms with E-state index in [1.54, 1.807) is 49.8 Å². The number of pyridine rings is 1. The second-order valence-electron chi connectivity index (χ2n) is 23.0. The summed E-state index contributed by atoms with van der Waals surface area (Å²) in [5, 5.41) is 14.6. The van der Waals surface area contributed by atoms with Crippen molar-refractivity contribution in [3.05, 3.63) is 172 Å². The number of nitrogens with one attached hydrogen (secondary N) is 3. The molecule has 8 rings (SSSR count).